The number of hydrogen-bond donors (Lipinski definition) is 3. The molecule has 0 amide bonds. The molecule has 0 aliphatic rings. The number of nitrogens with two attached hydrogens (primary N) is 1. The highest BCUT2D eigenvalue weighted by molar-refractivity contribution is 7.90. The van der Waals surface area contributed by atoms with Crippen LogP contribution in [0.2, 0.25) is 0 Å². The smallest absolute Gasteiger partial charge is 0.297 e. The topological polar surface area (TPSA) is 110 Å². The second-order valence-electron chi connectivity index (χ2n) is 6.54. The molecule has 29 heavy (non-hydrogen) atoms. The Morgan fingerprint density at radius 2 is 1.83 bits per heavy atom. The quantitative estimate of drug-likeness (QED) is 0.568. The van der Waals surface area contributed by atoms with E-state index in [1.165, 1.54) is 18.3 Å². The number of halogens is 2. The lowest BCUT2D eigenvalue weighted by Crippen LogP contribution is -2.23. The van der Waals surface area contributed by atoms with Gasteiger partial charge in [0.15, 0.2) is 11.6 Å². The Bertz CT molecular complexity index is 1170. The number of benzene rings is 1. The summed E-state index contributed by atoms with van der Waals surface area (Å²) in [5.74, 6) is -1.70. The third-order valence-electron chi connectivity index (χ3n) is 4.30. The van der Waals surface area contributed by atoms with Gasteiger partial charge >= 0.3 is 0 Å². The molecule has 3 rings (SSSR count). The monoisotopic (exact) mass is 419 g/mol. The number of pyridine rings is 2. The standard InChI is InChI=1S/C19H19F2N5O2S/c1-11-3-4-16(15(20)7-11)25-17-10-23-9-14(12(17)2)8-13-5-6-24-19(18(13)21)26-29(22,27)28/h3-7,9-10,25H,8H2,1-2H3,(H,24,26)(H2,22,27,28). The number of nitrogens with one attached hydrogen (secondary N) is 2. The summed E-state index contributed by atoms with van der Waals surface area (Å²) in [4.78, 5) is 7.81. The maximum absolute atomic E-state index is 14.6. The zero-order valence-electron chi connectivity index (χ0n) is 15.7. The molecule has 0 unspecified atom stereocenters. The Morgan fingerprint density at radius 1 is 1.07 bits per heavy atom. The molecule has 0 aliphatic heterocycles. The lowest BCUT2D eigenvalue weighted by Gasteiger charge is -2.14. The van der Waals surface area contributed by atoms with Gasteiger partial charge < -0.3 is 5.32 Å². The fourth-order valence-electron chi connectivity index (χ4n) is 2.77. The Morgan fingerprint density at radius 3 is 2.52 bits per heavy atom. The lowest BCUT2D eigenvalue weighted by atomic mass is 10.0. The molecule has 2 heterocycles. The van der Waals surface area contributed by atoms with Gasteiger partial charge in [0.1, 0.15) is 5.82 Å². The Labute approximate surface area is 167 Å². The summed E-state index contributed by atoms with van der Waals surface area (Å²) in [5, 5.41) is 7.88. The molecule has 0 saturated heterocycles. The van der Waals surface area contributed by atoms with E-state index in [9.17, 15) is 17.2 Å². The summed E-state index contributed by atoms with van der Waals surface area (Å²) in [6, 6.07) is 6.26. The van der Waals surface area contributed by atoms with E-state index in [0.29, 0.717) is 16.9 Å². The van der Waals surface area contributed by atoms with Crippen molar-refractivity contribution < 1.29 is 17.2 Å². The summed E-state index contributed by atoms with van der Waals surface area (Å²) in [7, 11) is -4.16. The van der Waals surface area contributed by atoms with Crippen LogP contribution in [0.5, 0.6) is 0 Å². The van der Waals surface area contributed by atoms with Crippen molar-refractivity contribution in [2.75, 3.05) is 10.0 Å². The van der Waals surface area contributed by atoms with Gasteiger partial charge in [-0.2, -0.15) is 8.42 Å². The van der Waals surface area contributed by atoms with Crippen molar-refractivity contribution >= 4 is 27.4 Å². The first-order valence-corrected chi connectivity index (χ1v) is 10.1. The Balaban J connectivity index is 1.90. The fourth-order valence-corrected chi connectivity index (χ4v) is 3.18. The molecule has 0 radical (unpaired) electrons. The molecule has 152 valence electrons. The van der Waals surface area contributed by atoms with Crippen molar-refractivity contribution in [2.24, 2.45) is 5.14 Å². The van der Waals surface area contributed by atoms with Crippen molar-refractivity contribution in [2.45, 2.75) is 20.3 Å². The molecule has 0 aliphatic carbocycles. The molecule has 0 fully saturated rings. The molecular weight excluding hydrogens is 400 g/mol. The summed E-state index contributed by atoms with van der Waals surface area (Å²) in [6.07, 6.45) is 4.52. The van der Waals surface area contributed by atoms with Crippen LogP contribution >= 0.6 is 0 Å². The zero-order valence-corrected chi connectivity index (χ0v) is 16.5. The normalized spacial score (nSPS) is 11.3. The number of hydrogen-bond acceptors (Lipinski definition) is 5. The van der Waals surface area contributed by atoms with Gasteiger partial charge in [-0.15, -0.1) is 0 Å². The molecule has 1 aromatic carbocycles. The van der Waals surface area contributed by atoms with Gasteiger partial charge in [0.25, 0.3) is 10.2 Å². The minimum absolute atomic E-state index is 0.123. The summed E-state index contributed by atoms with van der Waals surface area (Å²) in [6.45, 7) is 3.59. The van der Waals surface area contributed by atoms with Crippen molar-refractivity contribution in [1.29, 1.82) is 0 Å². The van der Waals surface area contributed by atoms with E-state index in [1.54, 1.807) is 38.4 Å². The summed E-state index contributed by atoms with van der Waals surface area (Å²) in [5.41, 5.74) is 3.30. The minimum Gasteiger partial charge on any atom is -0.352 e. The first-order valence-electron chi connectivity index (χ1n) is 8.54. The van der Waals surface area contributed by atoms with E-state index >= 15 is 0 Å². The van der Waals surface area contributed by atoms with Crippen LogP contribution in [0.25, 0.3) is 0 Å². The van der Waals surface area contributed by atoms with Crippen molar-refractivity contribution in [3.05, 3.63) is 76.7 Å². The largest absolute Gasteiger partial charge is 0.352 e. The summed E-state index contributed by atoms with van der Waals surface area (Å²) >= 11 is 0. The predicted molar refractivity (Wildman–Crippen MR) is 107 cm³/mol. The maximum Gasteiger partial charge on any atom is 0.297 e. The zero-order chi connectivity index (χ0) is 21.2. The van der Waals surface area contributed by atoms with Crippen molar-refractivity contribution in [1.82, 2.24) is 9.97 Å². The van der Waals surface area contributed by atoms with Crippen LogP contribution in [0.15, 0.2) is 42.9 Å². The molecule has 4 N–H and O–H groups in total. The van der Waals surface area contributed by atoms with Crippen LogP contribution in [0.3, 0.4) is 0 Å². The molecule has 0 atom stereocenters. The van der Waals surface area contributed by atoms with E-state index in [0.717, 1.165) is 11.1 Å². The van der Waals surface area contributed by atoms with E-state index < -0.39 is 27.7 Å². The number of nitrogens with zero attached hydrogens (tertiary/aromatic N) is 2. The predicted octanol–water partition coefficient (Wildman–Crippen LogP) is 3.32. The number of aryl methyl sites for hydroxylation is 1. The molecule has 3 aromatic rings. The molecular formula is C19H19F2N5O2S. The lowest BCUT2D eigenvalue weighted by molar-refractivity contribution is 0.596. The Kier molecular flexibility index (Phi) is 5.76. The second kappa shape index (κ2) is 8.10. The van der Waals surface area contributed by atoms with Gasteiger partial charge in [-0.1, -0.05) is 6.07 Å². The molecule has 2 aromatic heterocycles. The molecule has 0 bridgehead atoms. The third-order valence-corrected chi connectivity index (χ3v) is 4.78. The van der Waals surface area contributed by atoms with E-state index in [4.69, 9.17) is 5.14 Å². The number of aromatic nitrogens is 2. The highest BCUT2D eigenvalue weighted by atomic mass is 32.2. The Hall–Kier alpha value is -3.11. The van der Waals surface area contributed by atoms with Crippen LogP contribution in [-0.2, 0) is 16.6 Å². The second-order valence-corrected chi connectivity index (χ2v) is 7.83. The highest BCUT2D eigenvalue weighted by Crippen LogP contribution is 2.27. The number of rotatable bonds is 6. The van der Waals surface area contributed by atoms with Gasteiger partial charge in [0, 0.05) is 18.8 Å². The molecule has 0 spiro atoms. The fraction of sp³-hybridized carbons (Fsp3) is 0.158. The number of anilines is 3. The van der Waals surface area contributed by atoms with Gasteiger partial charge in [0.05, 0.1) is 17.6 Å². The summed E-state index contributed by atoms with van der Waals surface area (Å²) < 4.78 is 52.9. The SMILES string of the molecule is Cc1ccc(Nc2cncc(Cc3ccnc(NS(N)(=O)=O)c3F)c2C)c(F)c1. The average Bonchev–Trinajstić information content (AvgIpc) is 2.62. The van der Waals surface area contributed by atoms with Gasteiger partial charge in [-0.3, -0.25) is 9.71 Å². The first kappa shape index (κ1) is 20.6. The van der Waals surface area contributed by atoms with Gasteiger partial charge in [-0.25, -0.2) is 18.9 Å². The molecule has 7 nitrogen and oxygen atoms in total. The molecule has 0 saturated carbocycles. The van der Waals surface area contributed by atoms with Gasteiger partial charge in [-0.05, 0) is 54.3 Å². The van der Waals surface area contributed by atoms with Crippen molar-refractivity contribution in [3.63, 3.8) is 0 Å². The van der Waals surface area contributed by atoms with Crippen LogP contribution in [0, 0.1) is 25.5 Å². The van der Waals surface area contributed by atoms with Crippen molar-refractivity contribution in [3.8, 4) is 0 Å². The van der Waals surface area contributed by atoms with E-state index in [-0.39, 0.29) is 12.0 Å². The maximum atomic E-state index is 14.6. The van der Waals surface area contributed by atoms with Gasteiger partial charge in [0.2, 0.25) is 0 Å². The van der Waals surface area contributed by atoms with Crippen LogP contribution in [-0.4, -0.2) is 18.4 Å². The molecule has 10 heteroatoms. The highest BCUT2D eigenvalue weighted by Gasteiger charge is 2.15. The van der Waals surface area contributed by atoms with Crippen LogP contribution in [0.4, 0.5) is 26.0 Å². The third kappa shape index (κ3) is 5.04. The van der Waals surface area contributed by atoms with Crippen LogP contribution < -0.4 is 15.2 Å². The van der Waals surface area contributed by atoms with E-state index in [1.807, 2.05) is 4.72 Å². The minimum atomic E-state index is -4.16. The van der Waals surface area contributed by atoms with Crippen LogP contribution in [0.1, 0.15) is 22.3 Å². The van der Waals surface area contributed by atoms with E-state index in [2.05, 4.69) is 15.3 Å². The average molecular weight is 419 g/mol. The first-order chi connectivity index (χ1) is 13.6.